The van der Waals surface area contributed by atoms with Crippen LogP contribution >= 0.6 is 0 Å². The second-order valence-electron chi connectivity index (χ2n) is 3.81. The lowest BCUT2D eigenvalue weighted by Crippen LogP contribution is -2.31. The van der Waals surface area contributed by atoms with Crippen LogP contribution in [-0.2, 0) is 13.0 Å². The van der Waals surface area contributed by atoms with Crippen molar-refractivity contribution in [1.29, 1.82) is 0 Å². The fourth-order valence-corrected chi connectivity index (χ4v) is 1.85. The molecule has 1 N–H and O–H groups in total. The molecule has 2 heterocycles. The number of tetrazole rings is 1. The molecule has 1 aromatic rings. The third kappa shape index (κ3) is 2.29. The molecule has 0 radical (unpaired) electrons. The van der Waals surface area contributed by atoms with Crippen LogP contribution in [0.2, 0.25) is 0 Å². The predicted molar refractivity (Wildman–Crippen MR) is 52.8 cm³/mol. The first-order valence-electron chi connectivity index (χ1n) is 5.36. The average molecular weight is 195 g/mol. The van der Waals surface area contributed by atoms with E-state index in [0.29, 0.717) is 5.92 Å². The number of nitrogens with one attached hydrogen (secondary N) is 1. The summed E-state index contributed by atoms with van der Waals surface area (Å²) < 4.78 is 0. The van der Waals surface area contributed by atoms with Crippen LogP contribution in [0.3, 0.4) is 0 Å². The lowest BCUT2D eigenvalue weighted by Gasteiger charge is -2.20. The maximum absolute atomic E-state index is 4.29. The average Bonchev–Trinajstić information content (AvgIpc) is 2.67. The standard InChI is InChI=1S/C9H17N5/c1-2-14-12-9(11-13-14)6-8-4-3-5-10-7-8/h8,10H,2-7H2,1H3. The number of aromatic nitrogens is 4. The largest absolute Gasteiger partial charge is 0.316 e. The van der Waals surface area contributed by atoms with Crippen molar-refractivity contribution in [3.05, 3.63) is 5.82 Å². The second-order valence-corrected chi connectivity index (χ2v) is 3.81. The number of rotatable bonds is 3. The molecule has 2 rings (SSSR count). The molecule has 5 heteroatoms. The third-order valence-electron chi connectivity index (χ3n) is 2.65. The topological polar surface area (TPSA) is 55.6 Å². The quantitative estimate of drug-likeness (QED) is 0.750. The molecule has 1 aliphatic rings. The van der Waals surface area contributed by atoms with Gasteiger partial charge in [-0.15, -0.1) is 10.2 Å². The zero-order chi connectivity index (χ0) is 9.80. The van der Waals surface area contributed by atoms with Crippen molar-refractivity contribution in [1.82, 2.24) is 25.5 Å². The van der Waals surface area contributed by atoms with Crippen LogP contribution in [0, 0.1) is 5.92 Å². The summed E-state index contributed by atoms with van der Waals surface area (Å²) in [7, 11) is 0. The summed E-state index contributed by atoms with van der Waals surface area (Å²) in [6, 6.07) is 0. The Morgan fingerprint density at radius 3 is 3.14 bits per heavy atom. The number of aryl methyl sites for hydroxylation is 1. The second kappa shape index (κ2) is 4.50. The van der Waals surface area contributed by atoms with Crippen LogP contribution in [0.15, 0.2) is 0 Å². The maximum Gasteiger partial charge on any atom is 0.175 e. The molecule has 78 valence electrons. The van der Waals surface area contributed by atoms with Gasteiger partial charge in [-0.3, -0.25) is 0 Å². The van der Waals surface area contributed by atoms with E-state index in [2.05, 4.69) is 20.7 Å². The van der Waals surface area contributed by atoms with Crippen molar-refractivity contribution in [2.75, 3.05) is 13.1 Å². The Kier molecular flexibility index (Phi) is 3.08. The van der Waals surface area contributed by atoms with Gasteiger partial charge in [-0.1, -0.05) is 0 Å². The normalized spacial score (nSPS) is 22.5. The maximum atomic E-state index is 4.29. The predicted octanol–water partition coefficient (Wildman–Crippen LogP) is 0.235. The molecule has 0 spiro atoms. The van der Waals surface area contributed by atoms with Gasteiger partial charge < -0.3 is 5.32 Å². The molecule has 1 aromatic heterocycles. The molecule has 1 unspecified atom stereocenters. The van der Waals surface area contributed by atoms with E-state index in [1.807, 2.05) is 6.92 Å². The molecule has 1 saturated heterocycles. The van der Waals surface area contributed by atoms with Gasteiger partial charge in [-0.2, -0.15) is 4.80 Å². The molecule has 1 fully saturated rings. The van der Waals surface area contributed by atoms with Gasteiger partial charge in [0.2, 0.25) is 0 Å². The Morgan fingerprint density at radius 1 is 1.57 bits per heavy atom. The number of nitrogens with zero attached hydrogens (tertiary/aromatic N) is 4. The van der Waals surface area contributed by atoms with Gasteiger partial charge in [0, 0.05) is 6.42 Å². The van der Waals surface area contributed by atoms with Gasteiger partial charge in [0.25, 0.3) is 0 Å². The Balaban J connectivity index is 1.89. The summed E-state index contributed by atoms with van der Waals surface area (Å²) >= 11 is 0. The van der Waals surface area contributed by atoms with E-state index >= 15 is 0 Å². The summed E-state index contributed by atoms with van der Waals surface area (Å²) in [6.07, 6.45) is 3.52. The van der Waals surface area contributed by atoms with Crippen molar-refractivity contribution < 1.29 is 0 Å². The molecule has 0 aromatic carbocycles. The zero-order valence-corrected chi connectivity index (χ0v) is 8.61. The summed E-state index contributed by atoms with van der Waals surface area (Å²) in [5.74, 6) is 1.58. The molecule has 1 atom stereocenters. The fraction of sp³-hybridized carbons (Fsp3) is 0.889. The van der Waals surface area contributed by atoms with E-state index in [1.165, 1.54) is 12.8 Å². The third-order valence-corrected chi connectivity index (χ3v) is 2.65. The van der Waals surface area contributed by atoms with E-state index in [4.69, 9.17) is 0 Å². The molecule has 0 amide bonds. The van der Waals surface area contributed by atoms with Crippen molar-refractivity contribution in [3.8, 4) is 0 Å². The van der Waals surface area contributed by atoms with E-state index < -0.39 is 0 Å². The van der Waals surface area contributed by atoms with Gasteiger partial charge in [-0.05, 0) is 44.0 Å². The van der Waals surface area contributed by atoms with Gasteiger partial charge in [0.15, 0.2) is 5.82 Å². The fourth-order valence-electron chi connectivity index (χ4n) is 1.85. The number of hydrogen-bond acceptors (Lipinski definition) is 4. The van der Waals surface area contributed by atoms with Crippen LogP contribution in [0.25, 0.3) is 0 Å². The van der Waals surface area contributed by atoms with Gasteiger partial charge >= 0.3 is 0 Å². The first kappa shape index (κ1) is 9.58. The van der Waals surface area contributed by atoms with Crippen molar-refractivity contribution in [2.45, 2.75) is 32.7 Å². The molecule has 0 bridgehead atoms. The summed E-state index contributed by atoms with van der Waals surface area (Å²) in [5, 5.41) is 15.7. The molecular formula is C9H17N5. The highest BCUT2D eigenvalue weighted by atomic mass is 15.6. The minimum atomic E-state index is 0.693. The highest BCUT2D eigenvalue weighted by molar-refractivity contribution is 4.83. The van der Waals surface area contributed by atoms with Crippen LogP contribution in [-0.4, -0.2) is 33.3 Å². The molecule has 14 heavy (non-hydrogen) atoms. The number of piperidine rings is 1. The van der Waals surface area contributed by atoms with Crippen LogP contribution in [0.5, 0.6) is 0 Å². The molecule has 0 saturated carbocycles. The highest BCUT2D eigenvalue weighted by Gasteiger charge is 2.15. The molecule has 5 nitrogen and oxygen atoms in total. The van der Waals surface area contributed by atoms with E-state index in [-0.39, 0.29) is 0 Å². The molecule has 1 aliphatic heterocycles. The van der Waals surface area contributed by atoms with Gasteiger partial charge in [0.05, 0.1) is 6.54 Å². The molecular weight excluding hydrogens is 178 g/mol. The summed E-state index contributed by atoms with van der Waals surface area (Å²) in [5.41, 5.74) is 0. The van der Waals surface area contributed by atoms with Crippen molar-refractivity contribution in [3.63, 3.8) is 0 Å². The van der Waals surface area contributed by atoms with Crippen LogP contribution in [0.1, 0.15) is 25.6 Å². The first-order chi connectivity index (χ1) is 6.88. The van der Waals surface area contributed by atoms with Crippen molar-refractivity contribution >= 4 is 0 Å². The van der Waals surface area contributed by atoms with Gasteiger partial charge in [-0.25, -0.2) is 0 Å². The van der Waals surface area contributed by atoms with E-state index in [9.17, 15) is 0 Å². The Bertz CT molecular complexity index is 276. The summed E-state index contributed by atoms with van der Waals surface area (Å²) in [4.78, 5) is 1.64. The van der Waals surface area contributed by atoms with E-state index in [0.717, 1.165) is 31.9 Å². The monoisotopic (exact) mass is 195 g/mol. The summed E-state index contributed by atoms with van der Waals surface area (Å²) in [6.45, 7) is 5.08. The molecule has 0 aliphatic carbocycles. The highest BCUT2D eigenvalue weighted by Crippen LogP contribution is 2.13. The minimum absolute atomic E-state index is 0.693. The van der Waals surface area contributed by atoms with Crippen LogP contribution < -0.4 is 5.32 Å². The smallest absolute Gasteiger partial charge is 0.175 e. The zero-order valence-electron chi connectivity index (χ0n) is 8.61. The lowest BCUT2D eigenvalue weighted by atomic mass is 9.96. The SMILES string of the molecule is CCn1nnc(CC2CCCNC2)n1. The lowest BCUT2D eigenvalue weighted by molar-refractivity contribution is 0.370. The van der Waals surface area contributed by atoms with Crippen molar-refractivity contribution in [2.24, 2.45) is 5.92 Å². The van der Waals surface area contributed by atoms with Crippen LogP contribution in [0.4, 0.5) is 0 Å². The Labute approximate surface area is 83.9 Å². The van der Waals surface area contributed by atoms with Gasteiger partial charge in [0.1, 0.15) is 0 Å². The van der Waals surface area contributed by atoms with E-state index in [1.54, 1.807) is 4.80 Å². The minimum Gasteiger partial charge on any atom is -0.316 e. The Morgan fingerprint density at radius 2 is 2.50 bits per heavy atom. The first-order valence-corrected chi connectivity index (χ1v) is 5.36. The number of hydrogen-bond donors (Lipinski definition) is 1. The Hall–Kier alpha value is -0.970.